The lowest BCUT2D eigenvalue weighted by Gasteiger charge is -2.09. The zero-order valence-electron chi connectivity index (χ0n) is 18.9. The van der Waals surface area contributed by atoms with Crippen LogP contribution in [0.1, 0.15) is 27.2 Å². The van der Waals surface area contributed by atoms with Gasteiger partial charge in [-0.25, -0.2) is 4.39 Å². The molecule has 0 bridgehead atoms. The van der Waals surface area contributed by atoms with E-state index in [9.17, 15) is 14.0 Å². The fraction of sp³-hybridized carbons (Fsp3) is 0.185. The molecule has 174 valence electrons. The van der Waals surface area contributed by atoms with Crippen molar-refractivity contribution in [2.24, 2.45) is 0 Å². The van der Waals surface area contributed by atoms with Gasteiger partial charge in [-0.1, -0.05) is 29.8 Å². The number of carbonyl (C=O) groups is 2. The van der Waals surface area contributed by atoms with Crippen molar-refractivity contribution in [3.63, 3.8) is 0 Å². The van der Waals surface area contributed by atoms with Crippen LogP contribution in [0.25, 0.3) is 10.9 Å². The number of methoxy groups -OCH3 is 1. The summed E-state index contributed by atoms with van der Waals surface area (Å²) in [7, 11) is 1.57. The van der Waals surface area contributed by atoms with E-state index >= 15 is 0 Å². The summed E-state index contributed by atoms with van der Waals surface area (Å²) >= 11 is 5.98. The van der Waals surface area contributed by atoms with Crippen molar-refractivity contribution in [1.82, 2.24) is 9.88 Å². The topological polar surface area (TPSA) is 60.3 Å². The molecular formula is C27H24ClFN2O3. The number of nitrogens with one attached hydrogen (secondary N) is 1. The van der Waals surface area contributed by atoms with Gasteiger partial charge in [0.2, 0.25) is 5.91 Å². The number of hydrogen-bond donors (Lipinski definition) is 1. The van der Waals surface area contributed by atoms with Gasteiger partial charge in [-0.15, -0.1) is 0 Å². The molecule has 1 heterocycles. The molecule has 0 aliphatic carbocycles. The monoisotopic (exact) mass is 478 g/mol. The Morgan fingerprint density at radius 3 is 2.50 bits per heavy atom. The van der Waals surface area contributed by atoms with Crippen molar-refractivity contribution in [3.05, 3.63) is 100.0 Å². The van der Waals surface area contributed by atoms with Crippen LogP contribution in [0.3, 0.4) is 0 Å². The molecule has 0 saturated carbocycles. The summed E-state index contributed by atoms with van der Waals surface area (Å²) in [4.78, 5) is 26.1. The summed E-state index contributed by atoms with van der Waals surface area (Å²) in [5.41, 5.74) is 3.13. The van der Waals surface area contributed by atoms with E-state index in [0.717, 1.165) is 10.9 Å². The van der Waals surface area contributed by atoms with Crippen LogP contribution in [-0.4, -0.2) is 30.0 Å². The number of halogens is 2. The minimum Gasteiger partial charge on any atom is -0.497 e. The molecule has 1 amide bonds. The maximum Gasteiger partial charge on any atom is 0.262 e. The Morgan fingerprint density at radius 2 is 1.79 bits per heavy atom. The lowest BCUT2D eigenvalue weighted by atomic mass is 10.1. The van der Waals surface area contributed by atoms with Crippen LogP contribution in [0, 0.1) is 12.7 Å². The van der Waals surface area contributed by atoms with Gasteiger partial charge in [0.15, 0.2) is 0 Å². The summed E-state index contributed by atoms with van der Waals surface area (Å²) < 4.78 is 20.8. The molecule has 34 heavy (non-hydrogen) atoms. The predicted octanol–water partition coefficient (Wildman–Crippen LogP) is 5.34. The van der Waals surface area contributed by atoms with Crippen LogP contribution in [0.4, 0.5) is 4.39 Å². The van der Waals surface area contributed by atoms with Crippen molar-refractivity contribution >= 4 is 34.3 Å². The number of amides is 1. The summed E-state index contributed by atoms with van der Waals surface area (Å²) in [5, 5.41) is 4.17. The number of ether oxygens (including phenoxy) is 1. The zero-order chi connectivity index (χ0) is 24.2. The van der Waals surface area contributed by atoms with Crippen LogP contribution in [-0.2, 0) is 17.6 Å². The second-order valence-corrected chi connectivity index (χ2v) is 8.40. The highest BCUT2D eigenvalue weighted by molar-refractivity contribution is 6.30. The molecule has 0 fully saturated rings. The highest BCUT2D eigenvalue weighted by Gasteiger charge is 2.22. The van der Waals surface area contributed by atoms with E-state index in [1.165, 1.54) is 6.07 Å². The standard InChI is InChI=1S/C27H24ClFN2O3/c1-17-22(16-26(32)30-14-13-18-5-3-4-6-24(18)29)23-15-21(34-2)11-12-25(23)31(17)27(33)19-7-9-20(28)10-8-19/h3-12,15H,13-14,16H2,1-2H3,(H,30,32). The zero-order valence-corrected chi connectivity index (χ0v) is 19.7. The summed E-state index contributed by atoms with van der Waals surface area (Å²) in [6, 6.07) is 18.6. The first-order valence-electron chi connectivity index (χ1n) is 10.9. The third kappa shape index (κ3) is 4.82. The average Bonchev–Trinajstić information content (AvgIpc) is 3.10. The molecule has 4 aromatic rings. The molecule has 0 atom stereocenters. The van der Waals surface area contributed by atoms with E-state index in [2.05, 4.69) is 5.32 Å². The number of hydrogen-bond acceptors (Lipinski definition) is 3. The smallest absolute Gasteiger partial charge is 0.262 e. The summed E-state index contributed by atoms with van der Waals surface area (Å²) in [6.45, 7) is 2.13. The molecule has 5 nitrogen and oxygen atoms in total. The van der Waals surface area contributed by atoms with Crippen molar-refractivity contribution in [3.8, 4) is 5.75 Å². The first-order chi connectivity index (χ1) is 16.4. The number of aromatic nitrogens is 1. The van der Waals surface area contributed by atoms with Crippen LogP contribution in [0.5, 0.6) is 5.75 Å². The molecule has 0 unspecified atom stereocenters. The van der Waals surface area contributed by atoms with Crippen molar-refractivity contribution in [2.45, 2.75) is 19.8 Å². The van der Waals surface area contributed by atoms with Crippen molar-refractivity contribution < 1.29 is 18.7 Å². The Kier molecular flexibility index (Phi) is 6.98. The predicted molar refractivity (Wildman–Crippen MR) is 131 cm³/mol. The summed E-state index contributed by atoms with van der Waals surface area (Å²) in [6.07, 6.45) is 0.468. The minimum atomic E-state index is -0.288. The van der Waals surface area contributed by atoms with Gasteiger partial charge in [-0.3, -0.25) is 14.2 Å². The average molecular weight is 479 g/mol. The van der Waals surface area contributed by atoms with Crippen LogP contribution in [0.2, 0.25) is 5.02 Å². The van der Waals surface area contributed by atoms with Gasteiger partial charge in [-0.2, -0.15) is 0 Å². The van der Waals surface area contributed by atoms with Crippen molar-refractivity contribution in [1.29, 1.82) is 0 Å². The second-order valence-electron chi connectivity index (χ2n) is 7.96. The number of carbonyl (C=O) groups excluding carboxylic acids is 2. The molecule has 1 aromatic heterocycles. The van der Waals surface area contributed by atoms with E-state index in [0.29, 0.717) is 46.1 Å². The Bertz CT molecular complexity index is 1360. The number of nitrogens with zero attached hydrogens (tertiary/aromatic N) is 1. The number of benzene rings is 3. The molecule has 1 N–H and O–H groups in total. The van der Waals surface area contributed by atoms with Crippen LogP contribution >= 0.6 is 11.6 Å². The molecule has 4 rings (SSSR count). The SMILES string of the molecule is COc1ccc2c(c1)c(CC(=O)NCCc1ccccc1F)c(C)n2C(=O)c1ccc(Cl)cc1. The van der Waals surface area contributed by atoms with Gasteiger partial charge in [0.1, 0.15) is 11.6 Å². The van der Waals surface area contributed by atoms with Crippen LogP contribution in [0.15, 0.2) is 66.7 Å². The molecule has 0 aliphatic heterocycles. The maximum atomic E-state index is 13.8. The van der Waals surface area contributed by atoms with Gasteiger partial charge in [0.05, 0.1) is 19.0 Å². The van der Waals surface area contributed by atoms with E-state index in [1.807, 2.05) is 19.1 Å². The fourth-order valence-corrected chi connectivity index (χ4v) is 4.18. The van der Waals surface area contributed by atoms with E-state index in [4.69, 9.17) is 16.3 Å². The third-order valence-corrected chi connectivity index (χ3v) is 6.10. The molecule has 7 heteroatoms. The van der Waals surface area contributed by atoms with Gasteiger partial charge in [-0.05, 0) is 73.0 Å². The van der Waals surface area contributed by atoms with Gasteiger partial charge >= 0.3 is 0 Å². The lowest BCUT2D eigenvalue weighted by Crippen LogP contribution is -2.27. The summed E-state index contributed by atoms with van der Waals surface area (Å²) in [5.74, 6) is -0.0796. The maximum absolute atomic E-state index is 13.8. The molecule has 0 spiro atoms. The second kappa shape index (κ2) is 10.1. The highest BCUT2D eigenvalue weighted by Crippen LogP contribution is 2.31. The molecular weight excluding hydrogens is 455 g/mol. The molecule has 0 aliphatic rings. The first-order valence-corrected chi connectivity index (χ1v) is 11.2. The molecule has 0 saturated heterocycles. The van der Waals surface area contributed by atoms with E-state index in [-0.39, 0.29) is 24.1 Å². The van der Waals surface area contributed by atoms with Gasteiger partial charge < -0.3 is 10.1 Å². The number of fused-ring (bicyclic) bond motifs is 1. The highest BCUT2D eigenvalue weighted by atomic mass is 35.5. The van der Waals surface area contributed by atoms with E-state index in [1.54, 1.807) is 60.2 Å². The Morgan fingerprint density at radius 1 is 1.06 bits per heavy atom. The third-order valence-electron chi connectivity index (χ3n) is 5.85. The largest absolute Gasteiger partial charge is 0.497 e. The molecule has 0 radical (unpaired) electrons. The van der Waals surface area contributed by atoms with Gasteiger partial charge in [0, 0.05) is 28.2 Å². The normalized spacial score (nSPS) is 10.9. The molecule has 3 aromatic carbocycles. The number of rotatable bonds is 7. The Labute approximate surface area is 202 Å². The quantitative estimate of drug-likeness (QED) is 0.390. The lowest BCUT2D eigenvalue weighted by molar-refractivity contribution is -0.120. The van der Waals surface area contributed by atoms with E-state index < -0.39 is 0 Å². The van der Waals surface area contributed by atoms with Gasteiger partial charge in [0.25, 0.3) is 5.91 Å². The fourth-order valence-electron chi connectivity index (χ4n) is 4.06. The Hall–Kier alpha value is -3.64. The van der Waals surface area contributed by atoms with Crippen LogP contribution < -0.4 is 10.1 Å². The minimum absolute atomic E-state index is 0.0771. The Balaban J connectivity index is 1.61. The first kappa shape index (κ1) is 23.5. The van der Waals surface area contributed by atoms with Crippen molar-refractivity contribution in [2.75, 3.05) is 13.7 Å².